The van der Waals surface area contributed by atoms with E-state index < -0.39 is 4.92 Å². The number of piperidine rings is 1. The van der Waals surface area contributed by atoms with E-state index >= 15 is 0 Å². The number of hydrogen-bond donors (Lipinski definition) is 2. The molecule has 2 saturated heterocycles. The molecule has 2 unspecified atom stereocenters. The smallest absolute Gasteiger partial charge is 0.287 e. The molecule has 2 atom stereocenters. The number of nitro groups is 1. The summed E-state index contributed by atoms with van der Waals surface area (Å²) in [5.41, 5.74) is 0.833. The SMILES string of the molecule is Cc1cc([N+](=O)[O-])cnc1N1CCCC(CNC(=O)C2CCCN2)C1. The van der Waals surface area contributed by atoms with Gasteiger partial charge in [0.15, 0.2) is 0 Å². The number of aromatic nitrogens is 1. The molecule has 3 heterocycles. The van der Waals surface area contributed by atoms with E-state index in [1.165, 1.54) is 6.20 Å². The van der Waals surface area contributed by atoms with Gasteiger partial charge in [-0.25, -0.2) is 4.98 Å². The first-order chi connectivity index (χ1) is 12.0. The summed E-state index contributed by atoms with van der Waals surface area (Å²) in [6.45, 7) is 5.14. The molecule has 0 aliphatic carbocycles. The lowest BCUT2D eigenvalue weighted by molar-refractivity contribution is -0.385. The largest absolute Gasteiger partial charge is 0.356 e. The minimum Gasteiger partial charge on any atom is -0.356 e. The van der Waals surface area contributed by atoms with Gasteiger partial charge in [-0.2, -0.15) is 0 Å². The Morgan fingerprint density at radius 2 is 2.32 bits per heavy atom. The van der Waals surface area contributed by atoms with Gasteiger partial charge in [-0.15, -0.1) is 0 Å². The maximum Gasteiger partial charge on any atom is 0.287 e. The Balaban J connectivity index is 1.57. The molecule has 2 N–H and O–H groups in total. The van der Waals surface area contributed by atoms with Crippen LogP contribution < -0.4 is 15.5 Å². The maximum absolute atomic E-state index is 12.1. The number of anilines is 1. The second-order valence-electron chi connectivity index (χ2n) is 6.94. The normalized spacial score (nSPS) is 23.5. The van der Waals surface area contributed by atoms with Crippen LogP contribution in [-0.2, 0) is 4.79 Å². The number of nitrogens with zero attached hydrogens (tertiary/aromatic N) is 3. The van der Waals surface area contributed by atoms with Gasteiger partial charge in [-0.1, -0.05) is 0 Å². The fraction of sp³-hybridized carbons (Fsp3) is 0.647. The van der Waals surface area contributed by atoms with Gasteiger partial charge in [0.05, 0.1) is 11.0 Å². The summed E-state index contributed by atoms with van der Waals surface area (Å²) < 4.78 is 0. The van der Waals surface area contributed by atoms with Crippen molar-refractivity contribution < 1.29 is 9.72 Å². The first-order valence-corrected chi connectivity index (χ1v) is 8.91. The summed E-state index contributed by atoms with van der Waals surface area (Å²) in [7, 11) is 0. The molecule has 0 aromatic carbocycles. The van der Waals surface area contributed by atoms with Gasteiger partial charge in [-0.05, 0) is 50.6 Å². The van der Waals surface area contributed by atoms with Crippen molar-refractivity contribution in [2.45, 2.75) is 38.6 Å². The highest BCUT2D eigenvalue weighted by Gasteiger charge is 2.26. The summed E-state index contributed by atoms with van der Waals surface area (Å²) in [6.07, 6.45) is 5.38. The lowest BCUT2D eigenvalue weighted by Gasteiger charge is -2.34. The Hall–Kier alpha value is -2.22. The predicted octanol–water partition coefficient (Wildman–Crippen LogP) is 1.38. The molecule has 8 nitrogen and oxygen atoms in total. The van der Waals surface area contributed by atoms with Crippen LogP contribution in [0.3, 0.4) is 0 Å². The van der Waals surface area contributed by atoms with Crippen LogP contribution in [0.25, 0.3) is 0 Å². The molecule has 0 radical (unpaired) electrons. The number of amides is 1. The number of carbonyl (C=O) groups is 1. The molecular formula is C17H25N5O3. The van der Waals surface area contributed by atoms with Gasteiger partial charge in [0, 0.05) is 25.7 Å². The van der Waals surface area contributed by atoms with E-state index in [0.29, 0.717) is 12.5 Å². The summed E-state index contributed by atoms with van der Waals surface area (Å²) >= 11 is 0. The molecule has 136 valence electrons. The Kier molecular flexibility index (Phi) is 5.47. The molecule has 2 aliphatic heterocycles. The molecule has 0 saturated carbocycles. The van der Waals surface area contributed by atoms with Crippen LogP contribution in [0.4, 0.5) is 11.5 Å². The first-order valence-electron chi connectivity index (χ1n) is 8.91. The molecule has 0 bridgehead atoms. The zero-order valence-electron chi connectivity index (χ0n) is 14.5. The van der Waals surface area contributed by atoms with E-state index in [4.69, 9.17) is 0 Å². The Morgan fingerprint density at radius 1 is 1.48 bits per heavy atom. The average molecular weight is 347 g/mol. The highest BCUT2D eigenvalue weighted by atomic mass is 16.6. The van der Waals surface area contributed by atoms with Crippen molar-refractivity contribution in [2.75, 3.05) is 31.1 Å². The van der Waals surface area contributed by atoms with Crippen LogP contribution in [0.5, 0.6) is 0 Å². The second-order valence-corrected chi connectivity index (χ2v) is 6.94. The van der Waals surface area contributed by atoms with Crippen LogP contribution >= 0.6 is 0 Å². The monoisotopic (exact) mass is 347 g/mol. The highest BCUT2D eigenvalue weighted by molar-refractivity contribution is 5.82. The summed E-state index contributed by atoms with van der Waals surface area (Å²) in [5.74, 6) is 1.27. The molecule has 25 heavy (non-hydrogen) atoms. The van der Waals surface area contributed by atoms with Crippen LogP contribution in [0.2, 0.25) is 0 Å². The van der Waals surface area contributed by atoms with Crippen molar-refractivity contribution in [3.8, 4) is 0 Å². The number of pyridine rings is 1. The standard InChI is InChI=1S/C17H25N5O3/c1-12-8-14(22(24)25)10-19-16(12)21-7-3-4-13(11-21)9-20-17(23)15-5-2-6-18-15/h8,10,13,15,18H,2-7,9,11H2,1H3,(H,20,23). The van der Waals surface area contributed by atoms with E-state index in [9.17, 15) is 14.9 Å². The van der Waals surface area contributed by atoms with Gasteiger partial charge >= 0.3 is 0 Å². The fourth-order valence-corrected chi connectivity index (χ4v) is 3.68. The van der Waals surface area contributed by atoms with Crippen LogP contribution in [-0.4, -0.2) is 48.0 Å². The molecule has 1 aromatic heterocycles. The number of aryl methyl sites for hydroxylation is 1. The van der Waals surface area contributed by atoms with Crippen LogP contribution in [0, 0.1) is 23.0 Å². The van der Waals surface area contributed by atoms with Gasteiger partial charge in [0.2, 0.25) is 5.91 Å². The molecular weight excluding hydrogens is 322 g/mol. The lowest BCUT2D eigenvalue weighted by atomic mass is 9.97. The number of nitrogens with one attached hydrogen (secondary N) is 2. The molecule has 2 aliphatic rings. The average Bonchev–Trinajstić information content (AvgIpc) is 3.14. The number of hydrogen-bond acceptors (Lipinski definition) is 6. The van der Waals surface area contributed by atoms with Crippen LogP contribution in [0.15, 0.2) is 12.3 Å². The Bertz CT molecular complexity index is 645. The zero-order chi connectivity index (χ0) is 17.8. The fourth-order valence-electron chi connectivity index (χ4n) is 3.68. The van der Waals surface area contributed by atoms with Crippen molar-refractivity contribution >= 4 is 17.4 Å². The van der Waals surface area contributed by atoms with Gasteiger partial charge in [0.25, 0.3) is 5.69 Å². The Labute approximate surface area is 147 Å². The third-order valence-electron chi connectivity index (χ3n) is 5.01. The molecule has 2 fully saturated rings. The van der Waals surface area contributed by atoms with Gasteiger partial charge in [0.1, 0.15) is 12.0 Å². The maximum atomic E-state index is 12.1. The topological polar surface area (TPSA) is 100 Å². The van der Waals surface area contributed by atoms with E-state index in [2.05, 4.69) is 20.5 Å². The number of rotatable bonds is 5. The number of carbonyl (C=O) groups excluding carboxylic acids is 1. The van der Waals surface area contributed by atoms with E-state index in [0.717, 1.165) is 56.7 Å². The van der Waals surface area contributed by atoms with Crippen molar-refractivity contribution in [1.82, 2.24) is 15.6 Å². The predicted molar refractivity (Wildman–Crippen MR) is 94.6 cm³/mol. The van der Waals surface area contributed by atoms with E-state index in [1.54, 1.807) is 6.07 Å². The summed E-state index contributed by atoms with van der Waals surface area (Å²) in [5, 5.41) is 17.1. The first kappa shape index (κ1) is 17.6. The van der Waals surface area contributed by atoms with Gasteiger partial charge < -0.3 is 15.5 Å². The van der Waals surface area contributed by atoms with E-state index in [-0.39, 0.29) is 17.6 Å². The zero-order valence-corrected chi connectivity index (χ0v) is 14.5. The molecule has 8 heteroatoms. The summed E-state index contributed by atoms with van der Waals surface area (Å²) in [6, 6.07) is 1.53. The van der Waals surface area contributed by atoms with Crippen molar-refractivity contribution in [3.05, 3.63) is 27.9 Å². The third kappa shape index (κ3) is 4.25. The lowest BCUT2D eigenvalue weighted by Crippen LogP contribution is -2.45. The van der Waals surface area contributed by atoms with Gasteiger partial charge in [-0.3, -0.25) is 14.9 Å². The van der Waals surface area contributed by atoms with Crippen molar-refractivity contribution in [3.63, 3.8) is 0 Å². The minimum absolute atomic E-state index is 0.0196. The van der Waals surface area contributed by atoms with E-state index in [1.807, 2.05) is 6.92 Å². The molecule has 1 aromatic rings. The molecule has 0 spiro atoms. The highest BCUT2D eigenvalue weighted by Crippen LogP contribution is 2.26. The van der Waals surface area contributed by atoms with Crippen molar-refractivity contribution in [1.29, 1.82) is 0 Å². The quantitative estimate of drug-likeness (QED) is 0.616. The third-order valence-corrected chi connectivity index (χ3v) is 5.01. The van der Waals surface area contributed by atoms with Crippen LogP contribution in [0.1, 0.15) is 31.2 Å². The molecule has 1 amide bonds. The Morgan fingerprint density at radius 3 is 3.00 bits per heavy atom. The second kappa shape index (κ2) is 7.77. The van der Waals surface area contributed by atoms with Crippen molar-refractivity contribution in [2.24, 2.45) is 5.92 Å². The minimum atomic E-state index is -0.421. The molecule has 3 rings (SSSR count). The summed E-state index contributed by atoms with van der Waals surface area (Å²) in [4.78, 5) is 29.0.